The number of aromatic amines is 1. The quantitative estimate of drug-likeness (QED) is 0.369. The summed E-state index contributed by atoms with van der Waals surface area (Å²) in [5, 5.41) is 14.5. The van der Waals surface area contributed by atoms with Gasteiger partial charge in [-0.2, -0.15) is 10.6 Å². The van der Waals surface area contributed by atoms with Gasteiger partial charge in [-0.25, -0.2) is 0 Å². The minimum Gasteiger partial charge on any atom is -0.316 e. The lowest BCUT2D eigenvalue weighted by molar-refractivity contribution is 0.181. The summed E-state index contributed by atoms with van der Waals surface area (Å²) in [4.78, 5) is 0. The van der Waals surface area contributed by atoms with Gasteiger partial charge < -0.3 is 5.21 Å². The van der Waals surface area contributed by atoms with E-state index in [9.17, 15) is 0 Å². The molecule has 0 saturated heterocycles. The number of rotatable bonds is 1. The molecule has 0 aliphatic carbocycles. The first-order valence-electron chi connectivity index (χ1n) is 2.78. The molecule has 0 aliphatic rings. The van der Waals surface area contributed by atoms with Crippen LogP contribution in [0, 0.1) is 11.8 Å². The molecule has 0 bridgehead atoms. The van der Waals surface area contributed by atoms with Crippen LogP contribution in [-0.2, 0) is 0 Å². The van der Waals surface area contributed by atoms with Crippen LogP contribution in [-0.4, -0.2) is 21.9 Å². The molecule has 0 atom stereocenters. The highest BCUT2D eigenvalue weighted by molar-refractivity contribution is 5.25. The summed E-state index contributed by atoms with van der Waals surface area (Å²) >= 11 is 0. The molecule has 4 heteroatoms. The first-order chi connectivity index (χ1) is 4.93. The Hall–Kier alpha value is -1.31. The van der Waals surface area contributed by atoms with Gasteiger partial charge in [-0.05, 0) is 12.0 Å². The molecule has 0 aromatic carbocycles. The molecule has 3 N–H and O–H groups in total. The number of aromatic nitrogens is 2. The van der Waals surface area contributed by atoms with Gasteiger partial charge in [0.05, 0.1) is 6.54 Å². The number of H-pyrrole nitrogens is 1. The maximum Gasteiger partial charge on any atom is 0.107 e. The van der Waals surface area contributed by atoms with Crippen LogP contribution >= 0.6 is 0 Å². The highest BCUT2D eigenvalue weighted by atomic mass is 16.5. The summed E-state index contributed by atoms with van der Waals surface area (Å²) in [7, 11) is 0. The van der Waals surface area contributed by atoms with Crippen LogP contribution < -0.4 is 5.48 Å². The van der Waals surface area contributed by atoms with E-state index in [1.807, 2.05) is 5.48 Å². The Morgan fingerprint density at radius 3 is 3.30 bits per heavy atom. The molecule has 0 aliphatic heterocycles. The van der Waals surface area contributed by atoms with Crippen LogP contribution in [0.3, 0.4) is 0 Å². The lowest BCUT2D eigenvalue weighted by atomic mass is 10.4. The van der Waals surface area contributed by atoms with E-state index in [2.05, 4.69) is 22.0 Å². The second-order valence-electron chi connectivity index (χ2n) is 1.61. The van der Waals surface area contributed by atoms with Crippen molar-refractivity contribution in [1.29, 1.82) is 0 Å². The monoisotopic (exact) mass is 137 g/mol. The third-order valence-electron chi connectivity index (χ3n) is 0.891. The highest BCUT2D eigenvalue weighted by Crippen LogP contribution is 1.84. The van der Waals surface area contributed by atoms with Crippen molar-refractivity contribution in [3.8, 4) is 11.8 Å². The Bertz CT molecular complexity index is 231. The molecule has 0 unspecified atom stereocenters. The van der Waals surface area contributed by atoms with Crippen molar-refractivity contribution in [3.05, 3.63) is 18.0 Å². The molecule has 0 saturated carbocycles. The number of hydrogen-bond acceptors (Lipinski definition) is 3. The van der Waals surface area contributed by atoms with Crippen molar-refractivity contribution in [2.75, 3.05) is 6.54 Å². The Kier molecular flexibility index (Phi) is 2.49. The van der Waals surface area contributed by atoms with Gasteiger partial charge in [0.2, 0.25) is 0 Å². The van der Waals surface area contributed by atoms with Gasteiger partial charge in [-0.3, -0.25) is 5.10 Å². The molecule has 10 heavy (non-hydrogen) atoms. The van der Waals surface area contributed by atoms with E-state index in [0.717, 1.165) is 5.69 Å². The summed E-state index contributed by atoms with van der Waals surface area (Å²) < 4.78 is 0. The summed E-state index contributed by atoms with van der Waals surface area (Å²) in [6.45, 7) is 0.263. The van der Waals surface area contributed by atoms with E-state index < -0.39 is 0 Å². The van der Waals surface area contributed by atoms with Gasteiger partial charge in [0, 0.05) is 6.20 Å². The number of hydrogen-bond donors (Lipinski definition) is 3. The second kappa shape index (κ2) is 3.67. The molecule has 1 rings (SSSR count). The van der Waals surface area contributed by atoms with E-state index in [1.54, 1.807) is 12.3 Å². The Balaban J connectivity index is 2.49. The minimum atomic E-state index is 0.263. The molecule has 0 amide bonds. The third kappa shape index (κ3) is 1.90. The molecular weight excluding hydrogens is 130 g/mol. The molecule has 1 heterocycles. The zero-order valence-corrected chi connectivity index (χ0v) is 5.26. The normalized spacial score (nSPS) is 8.50. The maximum atomic E-state index is 8.12. The fourth-order valence-corrected chi connectivity index (χ4v) is 0.504. The summed E-state index contributed by atoms with van der Waals surface area (Å²) in [5.74, 6) is 5.39. The van der Waals surface area contributed by atoms with E-state index >= 15 is 0 Å². The molecular formula is C6H7N3O. The molecule has 4 nitrogen and oxygen atoms in total. The first-order valence-corrected chi connectivity index (χ1v) is 2.78. The van der Waals surface area contributed by atoms with Crippen molar-refractivity contribution in [2.45, 2.75) is 0 Å². The van der Waals surface area contributed by atoms with E-state index in [0.29, 0.717) is 0 Å². The fourth-order valence-electron chi connectivity index (χ4n) is 0.504. The van der Waals surface area contributed by atoms with Gasteiger partial charge >= 0.3 is 0 Å². The molecule has 0 radical (unpaired) electrons. The van der Waals surface area contributed by atoms with Gasteiger partial charge in [-0.1, -0.05) is 5.92 Å². The van der Waals surface area contributed by atoms with E-state index in [-0.39, 0.29) is 6.54 Å². The molecule has 0 fully saturated rings. The van der Waals surface area contributed by atoms with Gasteiger partial charge in [0.1, 0.15) is 5.69 Å². The second-order valence-corrected chi connectivity index (χ2v) is 1.61. The van der Waals surface area contributed by atoms with Crippen molar-refractivity contribution in [1.82, 2.24) is 15.7 Å². The number of nitrogens with one attached hydrogen (secondary N) is 2. The van der Waals surface area contributed by atoms with Crippen LogP contribution in [0.1, 0.15) is 5.69 Å². The molecule has 0 spiro atoms. The van der Waals surface area contributed by atoms with E-state index in [4.69, 9.17) is 5.21 Å². The average Bonchev–Trinajstić information content (AvgIpc) is 2.41. The zero-order valence-electron chi connectivity index (χ0n) is 5.26. The van der Waals surface area contributed by atoms with Crippen molar-refractivity contribution < 1.29 is 5.21 Å². The van der Waals surface area contributed by atoms with Gasteiger partial charge in [-0.15, -0.1) is 0 Å². The van der Waals surface area contributed by atoms with Gasteiger partial charge in [0.15, 0.2) is 0 Å². The largest absolute Gasteiger partial charge is 0.316 e. The predicted molar refractivity (Wildman–Crippen MR) is 35.3 cm³/mol. The lowest BCUT2D eigenvalue weighted by Crippen LogP contribution is -2.05. The van der Waals surface area contributed by atoms with Crippen LogP contribution in [0.4, 0.5) is 0 Å². The van der Waals surface area contributed by atoms with Crippen LogP contribution in [0.25, 0.3) is 0 Å². The summed E-state index contributed by atoms with van der Waals surface area (Å²) in [5.41, 5.74) is 2.67. The van der Waals surface area contributed by atoms with E-state index in [1.165, 1.54) is 0 Å². The van der Waals surface area contributed by atoms with Crippen molar-refractivity contribution >= 4 is 0 Å². The minimum absolute atomic E-state index is 0.263. The lowest BCUT2D eigenvalue weighted by Gasteiger charge is -1.80. The Morgan fingerprint density at radius 1 is 1.80 bits per heavy atom. The fraction of sp³-hybridized carbons (Fsp3) is 0.167. The van der Waals surface area contributed by atoms with Crippen molar-refractivity contribution in [3.63, 3.8) is 0 Å². The Labute approximate surface area is 58.2 Å². The average molecular weight is 137 g/mol. The van der Waals surface area contributed by atoms with Crippen LogP contribution in [0.5, 0.6) is 0 Å². The maximum absolute atomic E-state index is 8.12. The standard InChI is InChI=1S/C6H7N3O/c10-8-4-1-2-6-3-5-7-9-6/h3,5,8,10H,4H2,(H,7,9). The number of hydroxylamine groups is 1. The molecule has 52 valence electrons. The first kappa shape index (κ1) is 6.81. The number of nitrogens with zero attached hydrogens (tertiary/aromatic N) is 1. The van der Waals surface area contributed by atoms with Crippen LogP contribution in [0.2, 0.25) is 0 Å². The smallest absolute Gasteiger partial charge is 0.107 e. The highest BCUT2D eigenvalue weighted by Gasteiger charge is 1.81. The molecule has 1 aromatic heterocycles. The summed E-state index contributed by atoms with van der Waals surface area (Å²) in [6, 6.07) is 1.75. The summed E-state index contributed by atoms with van der Waals surface area (Å²) in [6.07, 6.45) is 1.62. The Morgan fingerprint density at radius 2 is 2.70 bits per heavy atom. The molecule has 1 aromatic rings. The predicted octanol–water partition coefficient (Wildman–Crippen LogP) is -0.260. The topological polar surface area (TPSA) is 60.9 Å². The zero-order chi connectivity index (χ0) is 7.23. The van der Waals surface area contributed by atoms with Gasteiger partial charge in [0.25, 0.3) is 0 Å². The SMILES string of the molecule is ONCC#Cc1ccn[nH]1. The third-order valence-corrected chi connectivity index (χ3v) is 0.891. The van der Waals surface area contributed by atoms with Crippen LogP contribution in [0.15, 0.2) is 12.3 Å². The van der Waals surface area contributed by atoms with Crippen molar-refractivity contribution in [2.24, 2.45) is 0 Å².